The second-order valence-electron chi connectivity index (χ2n) is 3.90. The van der Waals surface area contributed by atoms with Gasteiger partial charge >= 0.3 is 0 Å². The van der Waals surface area contributed by atoms with Crippen LogP contribution < -0.4 is 4.72 Å². The Morgan fingerprint density at radius 1 is 1.30 bits per heavy atom. The first kappa shape index (κ1) is 16.8. The van der Waals surface area contributed by atoms with Crippen LogP contribution in [0.3, 0.4) is 0 Å². The fourth-order valence-electron chi connectivity index (χ4n) is 1.24. The smallest absolute Gasteiger partial charge is 0.258 e. The minimum Gasteiger partial charge on any atom is -0.258 e. The zero-order chi connectivity index (χ0) is 15.6. The van der Waals surface area contributed by atoms with Crippen LogP contribution in [-0.2, 0) is 19.9 Å². The molecule has 20 heavy (non-hydrogen) atoms. The highest BCUT2D eigenvalue weighted by Crippen LogP contribution is 2.26. The summed E-state index contributed by atoms with van der Waals surface area (Å²) < 4.78 is 47.5. The van der Waals surface area contributed by atoms with E-state index in [1.807, 2.05) is 4.72 Å². The van der Waals surface area contributed by atoms with E-state index in [0.29, 0.717) is 0 Å². The minimum absolute atomic E-state index is 0.190. The monoisotopic (exact) mass is 342 g/mol. The van der Waals surface area contributed by atoms with Crippen LogP contribution in [0.1, 0.15) is 0 Å². The first-order valence-electron chi connectivity index (χ1n) is 5.14. The Balaban J connectivity index is 2.99. The molecular weight excluding hydrogens is 332 g/mol. The van der Waals surface area contributed by atoms with Crippen LogP contribution in [0.25, 0.3) is 0 Å². The molecule has 1 rings (SSSR count). The number of rotatable bonds is 6. The zero-order valence-corrected chi connectivity index (χ0v) is 12.6. The fraction of sp³-hybridized carbons (Fsp3) is 0.333. The summed E-state index contributed by atoms with van der Waals surface area (Å²) in [5, 5.41) is 10.5. The summed E-state index contributed by atoms with van der Waals surface area (Å²) in [6.07, 6.45) is 0.967. The van der Waals surface area contributed by atoms with Gasteiger partial charge in [-0.25, -0.2) is 21.6 Å². The van der Waals surface area contributed by atoms with Crippen LogP contribution in [0.2, 0.25) is 5.02 Å². The van der Waals surface area contributed by atoms with Gasteiger partial charge < -0.3 is 0 Å². The summed E-state index contributed by atoms with van der Waals surface area (Å²) in [4.78, 5) is 9.51. The highest BCUT2D eigenvalue weighted by molar-refractivity contribution is 7.91. The molecule has 0 heterocycles. The number of nitro groups is 1. The van der Waals surface area contributed by atoms with E-state index in [0.717, 1.165) is 24.5 Å². The predicted molar refractivity (Wildman–Crippen MR) is 73.0 cm³/mol. The number of nitro benzene ring substituents is 1. The average molecular weight is 343 g/mol. The molecule has 0 aromatic heterocycles. The number of halogens is 1. The van der Waals surface area contributed by atoms with Gasteiger partial charge in [-0.15, -0.1) is 0 Å². The van der Waals surface area contributed by atoms with Gasteiger partial charge in [-0.2, -0.15) is 0 Å². The summed E-state index contributed by atoms with van der Waals surface area (Å²) in [6.45, 7) is -0.322. The van der Waals surface area contributed by atoms with Gasteiger partial charge in [0.1, 0.15) is 14.9 Å². The molecule has 0 aliphatic carbocycles. The Bertz CT molecular complexity index is 729. The lowest BCUT2D eigenvalue weighted by Crippen LogP contribution is -2.29. The zero-order valence-electron chi connectivity index (χ0n) is 10.2. The van der Waals surface area contributed by atoms with Crippen molar-refractivity contribution in [1.29, 1.82) is 0 Å². The maximum Gasteiger partial charge on any atom is 0.289 e. The molecule has 11 heteroatoms. The van der Waals surface area contributed by atoms with E-state index in [1.165, 1.54) is 0 Å². The van der Waals surface area contributed by atoms with E-state index < -0.39 is 30.5 Å². The molecular formula is C9H11ClN2O6S2. The van der Waals surface area contributed by atoms with E-state index in [4.69, 9.17) is 11.6 Å². The van der Waals surface area contributed by atoms with Crippen LogP contribution in [0.4, 0.5) is 5.69 Å². The van der Waals surface area contributed by atoms with E-state index in [-0.39, 0.29) is 22.2 Å². The molecule has 0 saturated heterocycles. The first-order valence-corrected chi connectivity index (χ1v) is 9.06. The molecule has 0 radical (unpaired) electrons. The second-order valence-corrected chi connectivity index (χ2v) is 8.33. The van der Waals surface area contributed by atoms with Crippen molar-refractivity contribution in [2.24, 2.45) is 0 Å². The van der Waals surface area contributed by atoms with Crippen molar-refractivity contribution in [2.45, 2.75) is 4.90 Å². The second kappa shape index (κ2) is 6.04. The number of nitrogens with one attached hydrogen (secondary N) is 1. The van der Waals surface area contributed by atoms with Crippen molar-refractivity contribution in [1.82, 2.24) is 4.72 Å². The SMILES string of the molecule is CS(=O)(=O)CCNS(=O)(=O)c1ccc(Cl)c([N+](=O)[O-])c1. The summed E-state index contributed by atoms with van der Waals surface area (Å²) in [6, 6.07) is 2.99. The molecule has 1 aromatic carbocycles. The van der Waals surface area contributed by atoms with Gasteiger partial charge in [0.25, 0.3) is 5.69 Å². The van der Waals surface area contributed by atoms with Crippen molar-refractivity contribution in [3.63, 3.8) is 0 Å². The third kappa shape index (κ3) is 4.71. The molecule has 0 aliphatic heterocycles. The number of hydrogen-bond donors (Lipinski definition) is 1. The maximum absolute atomic E-state index is 11.8. The van der Waals surface area contributed by atoms with Crippen LogP contribution >= 0.6 is 11.6 Å². The Morgan fingerprint density at radius 2 is 1.90 bits per heavy atom. The highest BCUT2D eigenvalue weighted by Gasteiger charge is 2.20. The van der Waals surface area contributed by atoms with E-state index in [2.05, 4.69) is 0 Å². The van der Waals surface area contributed by atoms with Gasteiger partial charge in [-0.1, -0.05) is 11.6 Å². The Labute approximate surface area is 120 Å². The molecule has 1 aromatic rings. The molecule has 0 atom stereocenters. The summed E-state index contributed by atoms with van der Waals surface area (Å²) in [5.41, 5.74) is -0.544. The molecule has 0 amide bonds. The van der Waals surface area contributed by atoms with Crippen molar-refractivity contribution in [3.8, 4) is 0 Å². The minimum atomic E-state index is -4.03. The van der Waals surface area contributed by atoms with Gasteiger partial charge in [-0.3, -0.25) is 10.1 Å². The van der Waals surface area contributed by atoms with Crippen molar-refractivity contribution in [3.05, 3.63) is 33.3 Å². The van der Waals surface area contributed by atoms with Gasteiger partial charge in [0.05, 0.1) is 15.6 Å². The molecule has 112 valence electrons. The molecule has 0 saturated carbocycles. The van der Waals surface area contributed by atoms with Gasteiger partial charge in [0.2, 0.25) is 10.0 Å². The molecule has 0 unspecified atom stereocenters. The number of benzene rings is 1. The average Bonchev–Trinajstić information content (AvgIpc) is 2.26. The standard InChI is InChI=1S/C9H11ClN2O6S2/c1-19(15,16)5-4-11-20(17,18)7-2-3-8(10)9(6-7)12(13)14/h2-3,6,11H,4-5H2,1H3. The first-order chi connectivity index (χ1) is 9.03. The van der Waals surface area contributed by atoms with Crippen molar-refractivity contribution < 1.29 is 21.8 Å². The van der Waals surface area contributed by atoms with Gasteiger partial charge in [0.15, 0.2) is 0 Å². The van der Waals surface area contributed by atoms with Crippen molar-refractivity contribution >= 4 is 37.1 Å². The van der Waals surface area contributed by atoms with E-state index >= 15 is 0 Å². The Kier molecular flexibility index (Phi) is 5.08. The quantitative estimate of drug-likeness (QED) is 0.595. The van der Waals surface area contributed by atoms with E-state index in [1.54, 1.807) is 0 Å². The molecule has 1 N–H and O–H groups in total. The molecule has 0 spiro atoms. The predicted octanol–water partition coefficient (Wildman–Crippen LogP) is 0.571. The molecule has 0 fully saturated rings. The number of nitrogens with zero attached hydrogens (tertiary/aromatic N) is 1. The molecule has 0 bridgehead atoms. The lowest BCUT2D eigenvalue weighted by atomic mass is 10.3. The third-order valence-corrected chi connectivity index (χ3v) is 4.91. The number of sulfone groups is 1. The van der Waals surface area contributed by atoms with Crippen LogP contribution in [-0.4, -0.2) is 40.3 Å². The van der Waals surface area contributed by atoms with Crippen LogP contribution in [0.5, 0.6) is 0 Å². The van der Waals surface area contributed by atoms with Crippen molar-refractivity contribution in [2.75, 3.05) is 18.6 Å². The summed E-state index contributed by atoms with van der Waals surface area (Å²) in [7, 11) is -7.35. The lowest BCUT2D eigenvalue weighted by Gasteiger charge is -2.06. The molecule has 8 nitrogen and oxygen atoms in total. The molecule has 0 aliphatic rings. The third-order valence-electron chi connectivity index (χ3n) is 2.19. The van der Waals surface area contributed by atoms with Gasteiger partial charge in [-0.05, 0) is 12.1 Å². The number of hydrogen-bond acceptors (Lipinski definition) is 6. The Morgan fingerprint density at radius 3 is 2.40 bits per heavy atom. The topological polar surface area (TPSA) is 123 Å². The highest BCUT2D eigenvalue weighted by atomic mass is 35.5. The largest absolute Gasteiger partial charge is 0.289 e. The summed E-state index contributed by atoms with van der Waals surface area (Å²) in [5.74, 6) is -0.373. The van der Waals surface area contributed by atoms with Crippen LogP contribution in [0, 0.1) is 10.1 Å². The Hall–Kier alpha value is -1.23. The normalized spacial score (nSPS) is 12.3. The maximum atomic E-state index is 11.8. The fourth-order valence-corrected chi connectivity index (χ4v) is 3.08. The number of sulfonamides is 1. The summed E-state index contributed by atoms with van der Waals surface area (Å²) >= 11 is 5.57. The van der Waals surface area contributed by atoms with E-state index in [9.17, 15) is 26.9 Å². The van der Waals surface area contributed by atoms with Crippen LogP contribution in [0.15, 0.2) is 23.1 Å². The lowest BCUT2D eigenvalue weighted by molar-refractivity contribution is -0.384. The van der Waals surface area contributed by atoms with Gasteiger partial charge in [0, 0.05) is 18.9 Å².